The van der Waals surface area contributed by atoms with Crippen molar-refractivity contribution in [3.63, 3.8) is 0 Å². The molecule has 1 fully saturated rings. The maximum absolute atomic E-state index is 13.6. The molecule has 7 heteroatoms. The lowest BCUT2D eigenvalue weighted by atomic mass is 9.87. The van der Waals surface area contributed by atoms with Gasteiger partial charge in [-0.3, -0.25) is 4.79 Å². The van der Waals surface area contributed by atoms with Crippen molar-refractivity contribution < 1.29 is 19.1 Å². The number of H-pyrrole nitrogens is 1. The predicted molar refractivity (Wildman–Crippen MR) is 107 cm³/mol. The molecule has 7 nitrogen and oxygen atoms in total. The van der Waals surface area contributed by atoms with Gasteiger partial charge in [0.15, 0.2) is 5.54 Å². The summed E-state index contributed by atoms with van der Waals surface area (Å²) in [4.78, 5) is 44.9. The van der Waals surface area contributed by atoms with E-state index in [4.69, 9.17) is 4.74 Å². The van der Waals surface area contributed by atoms with Gasteiger partial charge in [-0.05, 0) is 43.2 Å². The third-order valence-corrected chi connectivity index (χ3v) is 5.99. The molecule has 0 spiro atoms. The van der Waals surface area contributed by atoms with Crippen LogP contribution in [0.1, 0.15) is 28.5 Å². The van der Waals surface area contributed by atoms with Crippen LogP contribution in [-0.4, -0.2) is 41.4 Å². The second-order valence-corrected chi connectivity index (χ2v) is 7.46. The zero-order valence-corrected chi connectivity index (χ0v) is 16.1. The Bertz CT molecular complexity index is 1200. The van der Waals surface area contributed by atoms with Crippen LogP contribution in [-0.2, 0) is 21.5 Å². The van der Waals surface area contributed by atoms with Gasteiger partial charge in [-0.2, -0.15) is 0 Å². The molecular weight excluding hydrogens is 370 g/mol. The number of aromatic amines is 1. The summed E-state index contributed by atoms with van der Waals surface area (Å²) >= 11 is 0. The predicted octanol–water partition coefficient (Wildman–Crippen LogP) is 3.19. The Kier molecular flexibility index (Phi) is 3.58. The molecule has 1 atom stereocenters. The Hall–Kier alpha value is -3.61. The zero-order valence-electron chi connectivity index (χ0n) is 16.1. The summed E-state index contributed by atoms with van der Waals surface area (Å²) in [6.45, 7) is 2.23. The quantitative estimate of drug-likeness (QED) is 0.539. The molecule has 2 aliphatic rings. The van der Waals surface area contributed by atoms with E-state index in [9.17, 15) is 14.4 Å². The Labute approximate surface area is 166 Å². The highest BCUT2D eigenvalue weighted by atomic mass is 16.5. The van der Waals surface area contributed by atoms with Crippen molar-refractivity contribution in [1.29, 1.82) is 0 Å². The van der Waals surface area contributed by atoms with Crippen LogP contribution < -0.4 is 4.90 Å². The minimum atomic E-state index is -1.12. The van der Waals surface area contributed by atoms with E-state index in [-0.39, 0.29) is 17.5 Å². The van der Waals surface area contributed by atoms with Gasteiger partial charge in [0, 0.05) is 17.4 Å². The molecule has 5 rings (SSSR count). The summed E-state index contributed by atoms with van der Waals surface area (Å²) in [6, 6.07) is 13.9. The number of carbonyl (C=O) groups excluding carboxylic acids is 3. The number of fused-ring (bicyclic) bond motifs is 5. The smallest absolute Gasteiger partial charge is 0.337 e. The van der Waals surface area contributed by atoms with Crippen LogP contribution >= 0.6 is 0 Å². The minimum Gasteiger partial charge on any atom is -0.465 e. The molecule has 1 aromatic heterocycles. The maximum Gasteiger partial charge on any atom is 0.337 e. The average Bonchev–Trinajstić information content (AvgIpc) is 3.22. The molecule has 2 aromatic carbocycles. The summed E-state index contributed by atoms with van der Waals surface area (Å²) < 4.78 is 4.76. The molecule has 2 aliphatic heterocycles. The fourth-order valence-electron chi connectivity index (χ4n) is 4.51. The van der Waals surface area contributed by atoms with E-state index in [0.717, 1.165) is 27.1 Å². The number of benzene rings is 2. The first-order valence-electron chi connectivity index (χ1n) is 9.41. The van der Waals surface area contributed by atoms with Crippen LogP contribution in [0, 0.1) is 0 Å². The van der Waals surface area contributed by atoms with Crippen molar-refractivity contribution in [3.05, 3.63) is 65.4 Å². The molecule has 0 aliphatic carbocycles. The fraction of sp³-hybridized carbons (Fsp3) is 0.227. The third kappa shape index (κ3) is 2.21. The molecule has 3 aromatic rings. The number of hydrogen-bond acceptors (Lipinski definition) is 4. The van der Waals surface area contributed by atoms with E-state index >= 15 is 0 Å². The van der Waals surface area contributed by atoms with Crippen LogP contribution in [0.3, 0.4) is 0 Å². The highest BCUT2D eigenvalue weighted by molar-refractivity contribution is 6.23. The van der Waals surface area contributed by atoms with Crippen LogP contribution in [0.4, 0.5) is 10.5 Å². The second-order valence-electron chi connectivity index (χ2n) is 7.46. The van der Waals surface area contributed by atoms with Gasteiger partial charge < -0.3 is 14.6 Å². The molecule has 146 valence electrons. The number of aromatic nitrogens is 1. The van der Waals surface area contributed by atoms with E-state index in [0.29, 0.717) is 18.7 Å². The second kappa shape index (κ2) is 5.94. The molecule has 0 bridgehead atoms. The van der Waals surface area contributed by atoms with Gasteiger partial charge in [0.05, 0.1) is 24.1 Å². The van der Waals surface area contributed by atoms with Gasteiger partial charge in [0.1, 0.15) is 0 Å². The normalized spacial score (nSPS) is 20.8. The number of hydrogen-bond donors (Lipinski definition) is 1. The van der Waals surface area contributed by atoms with Crippen molar-refractivity contribution in [2.24, 2.45) is 0 Å². The molecule has 0 unspecified atom stereocenters. The summed E-state index contributed by atoms with van der Waals surface area (Å²) in [7, 11) is 1.29. The van der Waals surface area contributed by atoms with Gasteiger partial charge >= 0.3 is 12.0 Å². The van der Waals surface area contributed by atoms with Crippen molar-refractivity contribution in [1.82, 2.24) is 9.88 Å². The number of ether oxygens (including phenoxy) is 1. The highest BCUT2D eigenvalue weighted by Crippen LogP contribution is 2.45. The largest absolute Gasteiger partial charge is 0.465 e. The fourth-order valence-corrected chi connectivity index (χ4v) is 4.51. The summed E-state index contributed by atoms with van der Waals surface area (Å²) in [5, 5.41) is 1.08. The molecule has 0 saturated carbocycles. The number of nitrogens with one attached hydrogen (secondary N) is 1. The molecule has 0 radical (unpaired) electrons. The highest BCUT2D eigenvalue weighted by Gasteiger charge is 2.59. The number of carbonyl (C=O) groups is 3. The topological polar surface area (TPSA) is 82.7 Å². The summed E-state index contributed by atoms with van der Waals surface area (Å²) in [6.07, 6.45) is 0.671. The number of methoxy groups -OCH3 is 1. The zero-order chi connectivity index (χ0) is 20.3. The maximum atomic E-state index is 13.6. The lowest BCUT2D eigenvalue weighted by Gasteiger charge is -2.35. The van der Waals surface area contributed by atoms with Gasteiger partial charge in [-0.1, -0.05) is 24.3 Å². The van der Waals surface area contributed by atoms with Crippen molar-refractivity contribution in [3.8, 4) is 0 Å². The Morgan fingerprint density at radius 2 is 1.93 bits per heavy atom. The average molecular weight is 389 g/mol. The standard InChI is InChI=1S/C22H19N3O4/c1-22-18-16(15-8-3-4-9-17(15)23-18)10-11-24(22)21(28)25(20(22)27)14-7-5-6-13(12-14)19(26)29-2/h3-9,12,23H,10-11H2,1-2H3/t22-/m0/s1. The van der Waals surface area contributed by atoms with E-state index in [1.807, 2.05) is 24.3 Å². The number of urea groups is 1. The number of para-hydroxylation sites is 1. The van der Waals surface area contributed by atoms with Crippen LogP contribution in [0.5, 0.6) is 0 Å². The van der Waals surface area contributed by atoms with Crippen LogP contribution in [0.2, 0.25) is 0 Å². The van der Waals surface area contributed by atoms with Gasteiger partial charge in [0.2, 0.25) is 0 Å². The van der Waals surface area contributed by atoms with E-state index < -0.39 is 11.5 Å². The lowest BCUT2D eigenvalue weighted by Crippen LogP contribution is -2.49. The van der Waals surface area contributed by atoms with Crippen molar-refractivity contribution in [2.75, 3.05) is 18.6 Å². The van der Waals surface area contributed by atoms with E-state index in [2.05, 4.69) is 4.98 Å². The van der Waals surface area contributed by atoms with E-state index in [1.165, 1.54) is 13.2 Å². The number of esters is 1. The minimum absolute atomic E-state index is 0.284. The van der Waals surface area contributed by atoms with Gasteiger partial charge in [0.25, 0.3) is 5.91 Å². The number of nitrogens with zero attached hydrogens (tertiary/aromatic N) is 2. The Morgan fingerprint density at radius 3 is 2.72 bits per heavy atom. The Morgan fingerprint density at radius 1 is 1.14 bits per heavy atom. The molecule has 29 heavy (non-hydrogen) atoms. The number of amides is 3. The summed E-state index contributed by atoms with van der Waals surface area (Å²) in [5.41, 5.74) is 2.31. The molecule has 3 heterocycles. The van der Waals surface area contributed by atoms with Crippen LogP contribution in [0.15, 0.2) is 48.5 Å². The van der Waals surface area contributed by atoms with Crippen molar-refractivity contribution in [2.45, 2.75) is 18.9 Å². The number of imide groups is 1. The Balaban J connectivity index is 1.64. The monoisotopic (exact) mass is 389 g/mol. The molecular formula is C22H19N3O4. The molecule has 3 amide bonds. The third-order valence-electron chi connectivity index (χ3n) is 5.99. The summed E-state index contributed by atoms with van der Waals surface area (Å²) in [5.74, 6) is -0.857. The van der Waals surface area contributed by atoms with Gasteiger partial charge in [-0.15, -0.1) is 0 Å². The first kappa shape index (κ1) is 17.5. The first-order chi connectivity index (χ1) is 14.0. The van der Waals surface area contributed by atoms with E-state index in [1.54, 1.807) is 30.0 Å². The number of rotatable bonds is 2. The SMILES string of the molecule is COC(=O)c1cccc(N2C(=O)N3CCc4c([nH]c5ccccc45)[C@@]3(C)C2=O)c1. The molecule has 1 N–H and O–H groups in total. The molecule has 1 saturated heterocycles. The number of anilines is 1. The van der Waals surface area contributed by atoms with Crippen molar-refractivity contribution >= 4 is 34.5 Å². The van der Waals surface area contributed by atoms with Crippen LogP contribution in [0.25, 0.3) is 10.9 Å². The lowest BCUT2D eigenvalue weighted by molar-refractivity contribution is -0.125. The van der Waals surface area contributed by atoms with Gasteiger partial charge in [-0.25, -0.2) is 14.5 Å². The first-order valence-corrected chi connectivity index (χ1v) is 9.41.